The van der Waals surface area contributed by atoms with Crippen molar-refractivity contribution in [2.75, 3.05) is 0 Å². The number of nitrogens with one attached hydrogen (secondary N) is 2. The Bertz CT molecular complexity index is 1420. The summed E-state index contributed by atoms with van der Waals surface area (Å²) in [6.07, 6.45) is 0.912. The third-order valence-electron chi connectivity index (χ3n) is 5.53. The van der Waals surface area contributed by atoms with Crippen LogP contribution in [0.25, 0.3) is 43.6 Å². The third kappa shape index (κ3) is 1.50. The molecule has 5 aromatic rings. The molecule has 0 saturated heterocycles. The molecule has 1 aliphatic rings. The number of carbonyl (C=O) groups excluding carboxylic acids is 1. The van der Waals surface area contributed by atoms with E-state index >= 15 is 0 Å². The van der Waals surface area contributed by atoms with Crippen molar-refractivity contribution in [3.05, 3.63) is 59.2 Å². The number of aromatic amines is 2. The maximum atomic E-state index is 14.6. The monoisotopic (exact) mass is 346 g/mol. The first kappa shape index (κ1) is 14.0. The van der Waals surface area contributed by atoms with E-state index in [1.165, 1.54) is 12.1 Å². The fourth-order valence-electron chi connectivity index (χ4n) is 4.53. The molecule has 5 heteroatoms. The maximum Gasteiger partial charge on any atom is 0.164 e. The number of carbonyl (C=O) groups is 1. The van der Waals surface area contributed by atoms with Crippen molar-refractivity contribution in [3.8, 4) is 0 Å². The van der Waals surface area contributed by atoms with E-state index in [0.717, 1.165) is 16.5 Å². The third-order valence-corrected chi connectivity index (χ3v) is 5.53. The van der Waals surface area contributed by atoms with Crippen LogP contribution in [-0.4, -0.2) is 15.8 Å². The van der Waals surface area contributed by atoms with E-state index in [-0.39, 0.29) is 17.4 Å². The minimum Gasteiger partial charge on any atom is -0.353 e. The number of hydrogen-bond acceptors (Lipinski definition) is 1. The molecule has 0 radical (unpaired) electrons. The lowest BCUT2D eigenvalue weighted by Gasteiger charge is -2.05. The van der Waals surface area contributed by atoms with Gasteiger partial charge < -0.3 is 9.97 Å². The molecule has 6 rings (SSSR count). The Labute approximate surface area is 145 Å². The van der Waals surface area contributed by atoms with Crippen LogP contribution in [0, 0.1) is 11.6 Å². The first-order valence-corrected chi connectivity index (χ1v) is 8.53. The van der Waals surface area contributed by atoms with Crippen LogP contribution in [0.5, 0.6) is 0 Å². The molecule has 0 spiro atoms. The number of hydrogen-bond donors (Lipinski definition) is 2. The molecule has 3 aromatic carbocycles. The summed E-state index contributed by atoms with van der Waals surface area (Å²) >= 11 is 0. The number of benzene rings is 3. The SMILES string of the molecule is O=C1CCc2c1c1c([nH]c3cccc(F)c31)c1[nH]c3cccc(F)c3c21. The van der Waals surface area contributed by atoms with E-state index in [1.807, 2.05) is 6.07 Å². The highest BCUT2D eigenvalue weighted by molar-refractivity contribution is 6.30. The second-order valence-corrected chi connectivity index (χ2v) is 6.85. The molecular weight excluding hydrogens is 334 g/mol. The fourth-order valence-corrected chi connectivity index (χ4v) is 4.53. The Balaban J connectivity index is 2.02. The Morgan fingerprint density at radius 1 is 0.731 bits per heavy atom. The van der Waals surface area contributed by atoms with Gasteiger partial charge in [-0.3, -0.25) is 4.79 Å². The molecular formula is C21H12F2N2O. The lowest BCUT2D eigenvalue weighted by molar-refractivity contribution is 0.0996. The van der Waals surface area contributed by atoms with E-state index in [1.54, 1.807) is 18.2 Å². The topological polar surface area (TPSA) is 48.6 Å². The van der Waals surface area contributed by atoms with Gasteiger partial charge in [0.25, 0.3) is 0 Å². The van der Waals surface area contributed by atoms with Crippen LogP contribution in [-0.2, 0) is 6.42 Å². The van der Waals surface area contributed by atoms with Crippen LogP contribution >= 0.6 is 0 Å². The fraction of sp³-hybridized carbons (Fsp3) is 0.0952. The number of fused-ring (bicyclic) bond motifs is 10. The predicted octanol–water partition coefficient (Wildman–Crippen LogP) is 5.36. The summed E-state index contributed by atoms with van der Waals surface area (Å²) < 4.78 is 29.2. The average Bonchev–Trinajstić information content (AvgIpc) is 3.28. The molecule has 26 heavy (non-hydrogen) atoms. The van der Waals surface area contributed by atoms with Gasteiger partial charge in [0.2, 0.25) is 0 Å². The zero-order valence-corrected chi connectivity index (χ0v) is 13.5. The van der Waals surface area contributed by atoms with E-state index < -0.39 is 0 Å². The van der Waals surface area contributed by atoms with Gasteiger partial charge in [-0.15, -0.1) is 0 Å². The lowest BCUT2D eigenvalue weighted by atomic mass is 9.97. The van der Waals surface area contributed by atoms with Crippen molar-refractivity contribution in [3.63, 3.8) is 0 Å². The number of H-pyrrole nitrogens is 2. The van der Waals surface area contributed by atoms with Crippen LogP contribution in [0.4, 0.5) is 8.78 Å². The number of aromatic nitrogens is 2. The van der Waals surface area contributed by atoms with Gasteiger partial charge in [-0.2, -0.15) is 0 Å². The van der Waals surface area contributed by atoms with Crippen LogP contribution in [0.3, 0.4) is 0 Å². The molecule has 2 heterocycles. The first-order chi connectivity index (χ1) is 12.6. The normalized spacial score (nSPS) is 14.3. The quantitative estimate of drug-likeness (QED) is 0.389. The van der Waals surface area contributed by atoms with Crippen molar-refractivity contribution in [1.82, 2.24) is 9.97 Å². The predicted molar refractivity (Wildman–Crippen MR) is 97.7 cm³/mol. The highest BCUT2D eigenvalue weighted by atomic mass is 19.1. The van der Waals surface area contributed by atoms with Gasteiger partial charge in [-0.05, 0) is 36.2 Å². The summed E-state index contributed by atoms with van der Waals surface area (Å²) in [5.41, 5.74) is 4.04. The van der Waals surface area contributed by atoms with Crippen LogP contribution < -0.4 is 0 Å². The van der Waals surface area contributed by atoms with Gasteiger partial charge in [0.1, 0.15) is 11.6 Å². The van der Waals surface area contributed by atoms with Gasteiger partial charge in [0.15, 0.2) is 5.78 Å². The second-order valence-electron chi connectivity index (χ2n) is 6.85. The Morgan fingerprint density at radius 2 is 1.31 bits per heavy atom. The van der Waals surface area contributed by atoms with E-state index in [9.17, 15) is 13.6 Å². The number of halogens is 2. The van der Waals surface area contributed by atoms with Gasteiger partial charge >= 0.3 is 0 Å². The standard InChI is InChI=1S/C21H12F2N2O/c22-10-3-1-5-12-17(10)16-9-7-8-14(26)15(9)19-18-11(23)4-2-6-13(18)25-21(19)20(16)24-12/h1-6,24-25H,7-8H2. The van der Waals surface area contributed by atoms with Gasteiger partial charge in [0.05, 0.1) is 11.0 Å². The zero-order chi connectivity index (χ0) is 17.6. The van der Waals surface area contributed by atoms with Crippen LogP contribution in [0.15, 0.2) is 36.4 Å². The molecule has 0 atom stereocenters. The van der Waals surface area contributed by atoms with Crippen LogP contribution in [0.2, 0.25) is 0 Å². The molecule has 126 valence electrons. The number of aryl methyl sites for hydroxylation is 1. The van der Waals surface area contributed by atoms with E-state index in [4.69, 9.17) is 0 Å². The second kappa shape index (κ2) is 4.49. The number of rotatable bonds is 0. The van der Waals surface area contributed by atoms with Gasteiger partial charge in [-0.1, -0.05) is 12.1 Å². The zero-order valence-electron chi connectivity index (χ0n) is 13.5. The van der Waals surface area contributed by atoms with Crippen molar-refractivity contribution in [2.24, 2.45) is 0 Å². The van der Waals surface area contributed by atoms with Crippen molar-refractivity contribution in [1.29, 1.82) is 0 Å². The Hall–Kier alpha value is -3.21. The highest BCUT2D eigenvalue weighted by Crippen LogP contribution is 2.44. The average molecular weight is 346 g/mol. The minimum absolute atomic E-state index is 0.0123. The minimum atomic E-state index is -0.364. The molecule has 2 aromatic heterocycles. The van der Waals surface area contributed by atoms with Crippen molar-refractivity contribution in [2.45, 2.75) is 12.8 Å². The summed E-state index contributed by atoms with van der Waals surface area (Å²) in [7, 11) is 0. The van der Waals surface area contributed by atoms with E-state index in [0.29, 0.717) is 51.1 Å². The van der Waals surface area contributed by atoms with Crippen molar-refractivity contribution >= 4 is 49.4 Å². The van der Waals surface area contributed by atoms with Crippen molar-refractivity contribution < 1.29 is 13.6 Å². The smallest absolute Gasteiger partial charge is 0.164 e. The summed E-state index contributed by atoms with van der Waals surface area (Å²) in [6, 6.07) is 9.72. The molecule has 3 nitrogen and oxygen atoms in total. The molecule has 0 saturated carbocycles. The summed E-state index contributed by atoms with van der Waals surface area (Å²) in [6.45, 7) is 0. The lowest BCUT2D eigenvalue weighted by Crippen LogP contribution is -1.94. The summed E-state index contributed by atoms with van der Waals surface area (Å²) in [5.74, 6) is -0.698. The van der Waals surface area contributed by atoms with Gasteiger partial charge in [-0.25, -0.2) is 8.78 Å². The molecule has 0 amide bonds. The van der Waals surface area contributed by atoms with Gasteiger partial charge in [0, 0.05) is 44.6 Å². The Morgan fingerprint density at radius 3 is 1.96 bits per heavy atom. The summed E-state index contributed by atoms with van der Waals surface area (Å²) in [5, 5.41) is 2.26. The van der Waals surface area contributed by atoms with Crippen LogP contribution in [0.1, 0.15) is 22.3 Å². The molecule has 0 aliphatic heterocycles. The summed E-state index contributed by atoms with van der Waals surface area (Å²) in [4.78, 5) is 19.2. The number of ketones is 1. The largest absolute Gasteiger partial charge is 0.353 e. The Kier molecular flexibility index (Phi) is 2.42. The van der Waals surface area contributed by atoms with E-state index in [2.05, 4.69) is 9.97 Å². The molecule has 2 N–H and O–H groups in total. The maximum absolute atomic E-state index is 14.6. The first-order valence-electron chi connectivity index (χ1n) is 8.53. The highest BCUT2D eigenvalue weighted by Gasteiger charge is 2.30. The molecule has 0 bridgehead atoms. The number of Topliss-reactive ketones (excluding diaryl/α,β-unsaturated/α-hetero) is 1. The molecule has 0 unspecified atom stereocenters. The molecule has 1 aliphatic carbocycles. The molecule has 0 fully saturated rings.